The first kappa shape index (κ1) is 16.2. The van der Waals surface area contributed by atoms with Crippen molar-refractivity contribution < 1.29 is 9.53 Å². The fraction of sp³-hybridized carbons (Fsp3) is 0.235. The highest BCUT2D eigenvalue weighted by Gasteiger charge is 2.14. The highest BCUT2D eigenvalue weighted by atomic mass is 35.5. The van der Waals surface area contributed by atoms with Crippen LogP contribution < -0.4 is 15.0 Å². The van der Waals surface area contributed by atoms with Gasteiger partial charge in [-0.3, -0.25) is 4.79 Å². The second kappa shape index (κ2) is 7.18. The molecule has 0 aliphatic rings. The molecule has 0 aliphatic carbocycles. The number of rotatable bonds is 5. The molecule has 2 rings (SSSR count). The summed E-state index contributed by atoms with van der Waals surface area (Å²) in [6.45, 7) is 2.39. The quantitative estimate of drug-likeness (QED) is 0.904. The van der Waals surface area contributed by atoms with Crippen molar-refractivity contribution in [2.24, 2.45) is 0 Å². The topological polar surface area (TPSA) is 41.6 Å². The van der Waals surface area contributed by atoms with Gasteiger partial charge in [-0.25, -0.2) is 0 Å². The maximum Gasteiger partial charge on any atom is 0.259 e. The number of benzene rings is 2. The largest absolute Gasteiger partial charge is 0.493 e. The Morgan fingerprint density at radius 2 is 1.95 bits per heavy atom. The Labute approximate surface area is 135 Å². The van der Waals surface area contributed by atoms with Gasteiger partial charge in [0.2, 0.25) is 0 Å². The fourth-order valence-corrected chi connectivity index (χ4v) is 2.30. The molecule has 2 aromatic rings. The van der Waals surface area contributed by atoms with Gasteiger partial charge in [-0.1, -0.05) is 23.7 Å². The van der Waals surface area contributed by atoms with Crippen molar-refractivity contribution in [2.45, 2.75) is 6.92 Å². The Kier molecular flexibility index (Phi) is 5.28. The van der Waals surface area contributed by atoms with Crippen LogP contribution in [0.2, 0.25) is 5.02 Å². The number of nitrogens with one attached hydrogen (secondary N) is 1. The van der Waals surface area contributed by atoms with E-state index in [1.807, 2.05) is 44.1 Å². The molecule has 4 nitrogen and oxygen atoms in total. The van der Waals surface area contributed by atoms with Crippen LogP contribution in [0.25, 0.3) is 0 Å². The van der Waals surface area contributed by atoms with E-state index in [4.69, 9.17) is 16.3 Å². The monoisotopic (exact) mass is 318 g/mol. The zero-order valence-corrected chi connectivity index (χ0v) is 13.6. The number of carbonyl (C=O) groups excluding carboxylic acids is 1. The summed E-state index contributed by atoms with van der Waals surface area (Å²) in [5.74, 6) is 0.338. The van der Waals surface area contributed by atoms with Crippen LogP contribution in [0, 0.1) is 0 Å². The molecular weight excluding hydrogens is 300 g/mol. The molecule has 0 radical (unpaired) electrons. The highest BCUT2D eigenvalue weighted by Crippen LogP contribution is 2.29. The molecule has 2 aromatic carbocycles. The van der Waals surface area contributed by atoms with E-state index in [1.165, 1.54) is 0 Å². The van der Waals surface area contributed by atoms with Gasteiger partial charge in [-0.2, -0.15) is 0 Å². The molecule has 116 valence electrons. The van der Waals surface area contributed by atoms with E-state index in [9.17, 15) is 4.79 Å². The maximum atomic E-state index is 12.5. The van der Waals surface area contributed by atoms with Crippen LogP contribution in [0.3, 0.4) is 0 Å². The van der Waals surface area contributed by atoms with Crippen molar-refractivity contribution in [3.05, 3.63) is 53.1 Å². The van der Waals surface area contributed by atoms with Gasteiger partial charge in [0, 0.05) is 19.1 Å². The van der Waals surface area contributed by atoms with Crippen LogP contribution in [0.1, 0.15) is 17.3 Å². The SMILES string of the molecule is CCOc1ccccc1C(=O)Nc1cc(Cl)ccc1N(C)C. The average molecular weight is 319 g/mol. The van der Waals surface area contributed by atoms with Gasteiger partial charge < -0.3 is 15.0 Å². The van der Waals surface area contributed by atoms with Crippen molar-refractivity contribution in [1.82, 2.24) is 0 Å². The summed E-state index contributed by atoms with van der Waals surface area (Å²) in [5.41, 5.74) is 2.04. The molecule has 0 atom stereocenters. The number of ether oxygens (including phenoxy) is 1. The van der Waals surface area contributed by atoms with E-state index < -0.39 is 0 Å². The van der Waals surface area contributed by atoms with E-state index in [1.54, 1.807) is 24.3 Å². The number of hydrogen-bond acceptors (Lipinski definition) is 3. The number of halogens is 1. The molecule has 0 aromatic heterocycles. The smallest absolute Gasteiger partial charge is 0.259 e. The fourth-order valence-electron chi connectivity index (χ4n) is 2.12. The minimum atomic E-state index is -0.227. The summed E-state index contributed by atoms with van der Waals surface area (Å²) < 4.78 is 5.50. The van der Waals surface area contributed by atoms with Gasteiger partial charge in [-0.05, 0) is 37.3 Å². The highest BCUT2D eigenvalue weighted by molar-refractivity contribution is 6.31. The molecule has 0 unspecified atom stereocenters. The summed E-state index contributed by atoms with van der Waals surface area (Å²) in [7, 11) is 3.82. The van der Waals surface area contributed by atoms with Gasteiger partial charge in [0.05, 0.1) is 23.5 Å². The minimum Gasteiger partial charge on any atom is -0.493 e. The number of anilines is 2. The number of hydrogen-bond donors (Lipinski definition) is 1. The Hall–Kier alpha value is -2.20. The van der Waals surface area contributed by atoms with Crippen LogP contribution in [0.15, 0.2) is 42.5 Å². The third kappa shape index (κ3) is 3.71. The summed E-state index contributed by atoms with van der Waals surface area (Å²) in [6.07, 6.45) is 0. The standard InChI is InChI=1S/C17H19ClN2O2/c1-4-22-16-8-6-5-7-13(16)17(21)19-14-11-12(18)9-10-15(14)20(2)3/h5-11H,4H2,1-3H3,(H,19,21). The Bertz CT molecular complexity index is 671. The van der Waals surface area contributed by atoms with Crippen LogP contribution in [0.4, 0.5) is 11.4 Å². The zero-order chi connectivity index (χ0) is 16.1. The van der Waals surface area contributed by atoms with E-state index in [-0.39, 0.29) is 5.91 Å². The minimum absolute atomic E-state index is 0.227. The van der Waals surface area contributed by atoms with Crippen molar-refractivity contribution >= 4 is 28.9 Å². The third-order valence-corrected chi connectivity index (χ3v) is 3.36. The Balaban J connectivity index is 2.31. The number of para-hydroxylation sites is 1. The van der Waals surface area contributed by atoms with Gasteiger partial charge in [0.25, 0.3) is 5.91 Å². The van der Waals surface area contributed by atoms with E-state index >= 15 is 0 Å². The van der Waals surface area contributed by atoms with Gasteiger partial charge >= 0.3 is 0 Å². The summed E-state index contributed by atoms with van der Waals surface area (Å²) in [4.78, 5) is 14.5. The second-order valence-electron chi connectivity index (χ2n) is 4.94. The summed E-state index contributed by atoms with van der Waals surface area (Å²) >= 11 is 6.04. The number of carbonyl (C=O) groups is 1. The summed E-state index contributed by atoms with van der Waals surface area (Å²) in [5, 5.41) is 3.47. The first-order valence-corrected chi connectivity index (χ1v) is 7.40. The molecule has 0 spiro atoms. The van der Waals surface area contributed by atoms with Gasteiger partial charge in [0.1, 0.15) is 5.75 Å². The Morgan fingerprint density at radius 1 is 1.23 bits per heavy atom. The maximum absolute atomic E-state index is 12.5. The molecule has 1 N–H and O–H groups in total. The van der Waals surface area contributed by atoms with Crippen LogP contribution in [-0.4, -0.2) is 26.6 Å². The number of amides is 1. The molecule has 0 bridgehead atoms. The predicted molar refractivity (Wildman–Crippen MR) is 91.3 cm³/mol. The Morgan fingerprint density at radius 3 is 2.64 bits per heavy atom. The first-order chi connectivity index (χ1) is 10.5. The predicted octanol–water partition coefficient (Wildman–Crippen LogP) is 4.06. The molecular formula is C17H19ClN2O2. The van der Waals surface area contributed by atoms with Gasteiger partial charge in [-0.15, -0.1) is 0 Å². The van der Waals surface area contributed by atoms with Crippen molar-refractivity contribution in [3.63, 3.8) is 0 Å². The number of nitrogens with zero attached hydrogens (tertiary/aromatic N) is 1. The van der Waals surface area contributed by atoms with Crippen LogP contribution in [0.5, 0.6) is 5.75 Å². The molecule has 0 aliphatic heterocycles. The molecule has 22 heavy (non-hydrogen) atoms. The molecule has 1 amide bonds. The third-order valence-electron chi connectivity index (χ3n) is 3.12. The van der Waals surface area contributed by atoms with E-state index in [0.717, 1.165) is 5.69 Å². The van der Waals surface area contributed by atoms with Crippen molar-refractivity contribution in [2.75, 3.05) is 30.9 Å². The molecule has 0 heterocycles. The second-order valence-corrected chi connectivity index (χ2v) is 5.38. The lowest BCUT2D eigenvalue weighted by molar-refractivity contribution is 0.102. The average Bonchev–Trinajstić information content (AvgIpc) is 2.47. The summed E-state index contributed by atoms with van der Waals surface area (Å²) in [6, 6.07) is 12.6. The van der Waals surface area contributed by atoms with E-state index in [0.29, 0.717) is 28.6 Å². The van der Waals surface area contributed by atoms with Crippen LogP contribution in [-0.2, 0) is 0 Å². The van der Waals surface area contributed by atoms with Crippen LogP contribution >= 0.6 is 11.6 Å². The molecule has 0 saturated heterocycles. The lowest BCUT2D eigenvalue weighted by Gasteiger charge is -2.18. The first-order valence-electron chi connectivity index (χ1n) is 7.03. The van der Waals surface area contributed by atoms with E-state index in [2.05, 4.69) is 5.32 Å². The molecule has 0 saturated carbocycles. The lowest BCUT2D eigenvalue weighted by atomic mass is 10.1. The zero-order valence-electron chi connectivity index (χ0n) is 12.9. The molecule has 0 fully saturated rings. The van der Waals surface area contributed by atoms with Gasteiger partial charge in [0.15, 0.2) is 0 Å². The normalized spacial score (nSPS) is 10.2. The lowest BCUT2D eigenvalue weighted by Crippen LogP contribution is -2.17. The molecule has 5 heteroatoms. The van der Waals surface area contributed by atoms with Crippen molar-refractivity contribution in [3.8, 4) is 5.75 Å². The van der Waals surface area contributed by atoms with Crippen molar-refractivity contribution in [1.29, 1.82) is 0 Å².